The van der Waals surface area contributed by atoms with Gasteiger partial charge < -0.3 is 45.2 Å². The summed E-state index contributed by atoms with van der Waals surface area (Å²) in [7, 11) is 2.84. The van der Waals surface area contributed by atoms with Gasteiger partial charge in [-0.1, -0.05) is 47.6 Å². The van der Waals surface area contributed by atoms with Crippen LogP contribution in [0.1, 0.15) is 118 Å². The Morgan fingerprint density at radius 3 is 1.26 bits per heavy atom. The summed E-state index contributed by atoms with van der Waals surface area (Å²) in [6, 6.07) is 22.5. The van der Waals surface area contributed by atoms with Crippen LogP contribution in [0.4, 0.5) is 0 Å². The maximum absolute atomic E-state index is 14.7. The van der Waals surface area contributed by atoms with E-state index >= 15 is 0 Å². The van der Waals surface area contributed by atoms with Crippen molar-refractivity contribution in [2.45, 2.75) is 105 Å². The number of phenolic OH excluding ortho intramolecular Hbond substituents is 3. The highest BCUT2D eigenvalue weighted by atomic mass is 16.5. The molecule has 0 saturated carbocycles. The SMILES string of the molecule is COc1c(O)c2c(=O)cc(CO)c3c4c(CO)cc(=O)c5c(O)c(CCc6ccccn6)c6c(c(c1C(C(C)=O)C(C)=C6)c23)c54.COc1c2c3c4c(c(CCc5ccccn5)c(O)c5c(=O)cc(CO)c(c6c(CO)cc(C)c(c1=O)c63)c54)C=C(C)C2C(C)=NCc1ccccn1. The second kappa shape index (κ2) is 24.4. The molecule has 97 heavy (non-hydrogen) atoms. The quantitative estimate of drug-likeness (QED) is 0.0269. The number of pyridine rings is 3. The Hall–Kier alpha value is -10.9. The molecule has 0 spiro atoms. The number of phenols is 3. The van der Waals surface area contributed by atoms with Crippen LogP contribution in [0, 0.1) is 6.92 Å². The van der Waals surface area contributed by atoms with E-state index in [2.05, 4.69) is 15.0 Å². The van der Waals surface area contributed by atoms with Crippen LogP contribution < -0.4 is 31.2 Å². The number of hydrogen-bond acceptors (Lipinski definition) is 18. The number of hydrogen-bond donors (Lipinski definition) is 7. The molecule has 0 amide bonds. The van der Waals surface area contributed by atoms with E-state index in [1.54, 1.807) is 37.6 Å². The van der Waals surface area contributed by atoms with Gasteiger partial charge in [-0.25, -0.2) is 0 Å². The summed E-state index contributed by atoms with van der Waals surface area (Å²) >= 11 is 0. The van der Waals surface area contributed by atoms with E-state index < -0.39 is 53.7 Å². The molecule has 2 aliphatic rings. The largest absolute Gasteiger partial charge is 0.507 e. The van der Waals surface area contributed by atoms with E-state index in [9.17, 15) is 59.7 Å². The van der Waals surface area contributed by atoms with E-state index in [1.807, 2.05) is 81.5 Å². The van der Waals surface area contributed by atoms with E-state index in [0.29, 0.717) is 146 Å². The average Bonchev–Trinajstić information content (AvgIpc) is 1.65. The lowest BCUT2D eigenvalue weighted by Gasteiger charge is -2.26. The number of benzene rings is 10. The van der Waals surface area contributed by atoms with Crippen molar-refractivity contribution in [3.05, 3.63) is 228 Å². The van der Waals surface area contributed by atoms with Crippen molar-refractivity contribution in [2.75, 3.05) is 14.2 Å². The molecular formula is C79H66N4O14. The van der Waals surface area contributed by atoms with Gasteiger partial charge in [0.1, 0.15) is 17.3 Å². The lowest BCUT2D eigenvalue weighted by Crippen LogP contribution is -2.19. The summed E-state index contributed by atoms with van der Waals surface area (Å²) in [5, 5.41) is 84.8. The number of Topliss-reactive ketones (excluding diaryl/α,β-unsaturated/α-hetero) is 1. The van der Waals surface area contributed by atoms with E-state index in [4.69, 9.17) is 14.5 Å². The Labute approximate surface area is 553 Å². The molecule has 0 aliphatic heterocycles. The fraction of sp³-hybridized carbons (Fsp3) is 0.228. The first-order valence-electron chi connectivity index (χ1n) is 31.9. The molecule has 3 heterocycles. The zero-order chi connectivity index (χ0) is 68.3. The van der Waals surface area contributed by atoms with E-state index in [1.165, 1.54) is 39.3 Å². The van der Waals surface area contributed by atoms with Crippen LogP contribution in [0.15, 0.2) is 133 Å². The van der Waals surface area contributed by atoms with Crippen LogP contribution in [0.3, 0.4) is 0 Å². The molecular weight excluding hydrogens is 1230 g/mol. The number of rotatable bonds is 16. The number of carbonyl (C=O) groups excluding carboxylic acids is 1. The average molecular weight is 1300 g/mol. The van der Waals surface area contributed by atoms with E-state index in [0.717, 1.165) is 33.9 Å². The third-order valence-corrected chi connectivity index (χ3v) is 19.9. The van der Waals surface area contributed by atoms with Crippen molar-refractivity contribution >= 4 is 110 Å². The predicted octanol–water partition coefficient (Wildman–Crippen LogP) is 11.2. The lowest BCUT2D eigenvalue weighted by atomic mass is 9.78. The Kier molecular flexibility index (Phi) is 16.0. The number of fused-ring (bicyclic) bond motifs is 2. The Bertz CT molecular complexity index is 5840. The number of nitrogens with zero attached hydrogens (tertiary/aromatic N) is 4. The highest BCUT2D eigenvalue weighted by Gasteiger charge is 2.39. The number of ether oxygens (including phenoxy) is 2. The summed E-state index contributed by atoms with van der Waals surface area (Å²) in [5.74, 6) is -2.35. The van der Waals surface area contributed by atoms with Crippen LogP contribution in [-0.2, 0) is 63.5 Å². The van der Waals surface area contributed by atoms with Crippen LogP contribution in [0.2, 0.25) is 0 Å². The monoisotopic (exact) mass is 1290 g/mol. The number of aliphatic hydroxyl groups excluding tert-OH is 4. The van der Waals surface area contributed by atoms with Gasteiger partial charge >= 0.3 is 0 Å². The number of aliphatic imine (C=N–C) groups is 1. The van der Waals surface area contributed by atoms with Crippen molar-refractivity contribution in [3.8, 4) is 28.7 Å². The minimum atomic E-state index is -0.909. The topological polar surface area (TPSA) is 296 Å². The highest BCUT2D eigenvalue weighted by molar-refractivity contribution is 6.40. The number of aliphatic hydroxyl groups is 4. The molecule has 18 nitrogen and oxygen atoms in total. The molecule has 18 heteroatoms. The zero-order valence-electron chi connectivity index (χ0n) is 54.2. The summed E-state index contributed by atoms with van der Waals surface area (Å²) < 4.78 is 11.8. The summed E-state index contributed by atoms with van der Waals surface area (Å²) in [5.41, 5.74) is 8.06. The molecule has 3 aromatic heterocycles. The molecule has 10 aromatic carbocycles. The second-order valence-corrected chi connectivity index (χ2v) is 25.3. The summed E-state index contributed by atoms with van der Waals surface area (Å²) in [6.07, 6.45) is 10.6. The van der Waals surface area contributed by atoms with Gasteiger partial charge in [0.05, 0.1) is 75.0 Å². The van der Waals surface area contributed by atoms with Crippen LogP contribution >= 0.6 is 0 Å². The minimum Gasteiger partial charge on any atom is -0.507 e. The van der Waals surface area contributed by atoms with Gasteiger partial charge in [-0.15, -0.1) is 0 Å². The second-order valence-electron chi connectivity index (χ2n) is 25.3. The number of aromatic nitrogens is 3. The zero-order valence-corrected chi connectivity index (χ0v) is 54.2. The Morgan fingerprint density at radius 1 is 0.454 bits per heavy atom. The maximum atomic E-state index is 14.7. The van der Waals surface area contributed by atoms with Gasteiger partial charge in [0.15, 0.2) is 33.5 Å². The van der Waals surface area contributed by atoms with Crippen LogP contribution in [0.25, 0.3) is 98.3 Å². The molecule has 0 saturated heterocycles. The van der Waals surface area contributed by atoms with Crippen molar-refractivity contribution in [2.24, 2.45) is 4.99 Å². The third-order valence-electron chi connectivity index (χ3n) is 19.9. The normalized spacial score (nSPS) is 14.6. The fourth-order valence-corrected chi connectivity index (χ4v) is 16.1. The Morgan fingerprint density at radius 2 is 0.845 bits per heavy atom. The van der Waals surface area contributed by atoms with Crippen molar-refractivity contribution in [1.82, 2.24) is 15.0 Å². The first-order chi connectivity index (χ1) is 46.8. The molecule has 486 valence electrons. The van der Waals surface area contributed by atoms with Gasteiger partial charge in [-0.3, -0.25) is 43.9 Å². The number of ketones is 1. The maximum Gasteiger partial charge on any atom is 0.228 e. The third kappa shape index (κ3) is 9.55. The van der Waals surface area contributed by atoms with Gasteiger partial charge in [0, 0.05) is 90.8 Å². The van der Waals surface area contributed by atoms with Crippen molar-refractivity contribution in [1.29, 1.82) is 0 Å². The molecule has 15 rings (SSSR count). The van der Waals surface area contributed by atoms with Crippen LogP contribution in [-0.4, -0.2) is 76.4 Å². The molecule has 2 atom stereocenters. The summed E-state index contributed by atoms with van der Waals surface area (Å²) in [6.45, 7) is 7.38. The number of allylic oxidation sites excluding steroid dienone is 2. The van der Waals surface area contributed by atoms with Crippen molar-refractivity contribution in [3.63, 3.8) is 0 Å². The molecule has 2 unspecified atom stereocenters. The minimum absolute atomic E-state index is 0.0242. The molecule has 2 aliphatic carbocycles. The predicted molar refractivity (Wildman–Crippen MR) is 377 cm³/mol. The Balaban J connectivity index is 0.000000168. The highest BCUT2D eigenvalue weighted by Crippen LogP contribution is 2.58. The summed E-state index contributed by atoms with van der Waals surface area (Å²) in [4.78, 5) is 88.2. The first kappa shape index (κ1) is 63.5. The smallest absolute Gasteiger partial charge is 0.228 e. The number of aryl methyl sites for hydroxylation is 3. The molecule has 0 fully saturated rings. The fourth-order valence-electron chi connectivity index (χ4n) is 16.1. The van der Waals surface area contributed by atoms with Crippen LogP contribution in [0.5, 0.6) is 28.7 Å². The van der Waals surface area contributed by atoms with Gasteiger partial charge in [-0.2, -0.15) is 0 Å². The van der Waals surface area contributed by atoms with Gasteiger partial charge in [0.25, 0.3) is 0 Å². The van der Waals surface area contributed by atoms with Crippen molar-refractivity contribution < 1.29 is 50.0 Å². The van der Waals surface area contributed by atoms with Gasteiger partial charge in [0.2, 0.25) is 5.43 Å². The van der Waals surface area contributed by atoms with Gasteiger partial charge in [-0.05, 0) is 197 Å². The standard InChI is InChI=1S/C43H37N3O6.C36H29NO8/c1-21-15-24(19-47)33-34-25(20-48)17-30(49)36-38(34)35-29(28(41(36)50)12-11-26-9-5-7-13-44-26)16-22(2)31(23(3)46-18-27-10-6-8-14-45-27)40-39(35)37(33)32(21)42(51)43(40)52-4;1-15-10-21-20(8-7-19-6-4-5-9-37-19)34(43)28-22(41)11-17(13-38)25-26-18(14-39)12-23(42)29-31(26)32(27(21)30(25)28)33(24(15)16(2)40)36(45-3)35(29)44/h5-10,13-17,31,47-48,50H,11-12,18-20H2,1-4H3;4-6,9-12,24,38-39,43-44H,7-8,13-14H2,1-3H3. The van der Waals surface area contributed by atoms with E-state index in [-0.39, 0.29) is 74.5 Å². The molecule has 0 bridgehead atoms. The number of carbonyl (C=O) groups is 1. The molecule has 0 radical (unpaired) electrons. The lowest BCUT2D eigenvalue weighted by molar-refractivity contribution is -0.117. The molecule has 7 N–H and O–H groups in total. The number of methoxy groups -OCH3 is 2. The first-order valence-corrected chi connectivity index (χ1v) is 31.9. The molecule has 13 aromatic rings. The number of aromatic hydroxyl groups is 3.